The van der Waals surface area contributed by atoms with Crippen LogP contribution >= 0.6 is 0 Å². The van der Waals surface area contributed by atoms with Crippen LogP contribution in [0.15, 0.2) is 18.5 Å². The Kier molecular flexibility index (Phi) is 5.86. The van der Waals surface area contributed by atoms with Crippen molar-refractivity contribution in [1.29, 1.82) is 0 Å². The Balaban J connectivity index is 2.36. The van der Waals surface area contributed by atoms with Gasteiger partial charge in [-0.15, -0.1) is 0 Å². The molecule has 0 radical (unpaired) electrons. The topological polar surface area (TPSA) is 31.2 Å². The van der Waals surface area contributed by atoms with Gasteiger partial charge in [0.2, 0.25) is 0 Å². The van der Waals surface area contributed by atoms with E-state index in [9.17, 15) is 4.79 Å². The third-order valence-electron chi connectivity index (χ3n) is 2.46. The molecule has 0 aromatic carbocycles. The monoisotopic (exact) mass is 223 g/mol. The van der Waals surface area contributed by atoms with Crippen LogP contribution in [0.4, 0.5) is 0 Å². The van der Waals surface area contributed by atoms with Crippen molar-refractivity contribution in [2.45, 2.75) is 39.7 Å². The molecular weight excluding hydrogens is 202 g/mol. The Hall–Kier alpha value is -1.09. The highest BCUT2D eigenvalue weighted by Crippen LogP contribution is 2.07. The van der Waals surface area contributed by atoms with E-state index in [-0.39, 0.29) is 5.78 Å². The van der Waals surface area contributed by atoms with Gasteiger partial charge in [-0.1, -0.05) is 6.92 Å². The molecular formula is C13H21NO2. The van der Waals surface area contributed by atoms with Crippen molar-refractivity contribution in [2.75, 3.05) is 13.2 Å². The number of ether oxygens (including phenoxy) is 1. The van der Waals surface area contributed by atoms with Crippen molar-refractivity contribution in [3.05, 3.63) is 24.0 Å². The van der Waals surface area contributed by atoms with Gasteiger partial charge in [-0.3, -0.25) is 4.79 Å². The lowest BCUT2D eigenvalue weighted by molar-refractivity contribution is 0.0981. The first kappa shape index (κ1) is 13.0. The van der Waals surface area contributed by atoms with Gasteiger partial charge in [-0.2, -0.15) is 0 Å². The van der Waals surface area contributed by atoms with E-state index in [0.29, 0.717) is 6.42 Å². The van der Waals surface area contributed by atoms with E-state index in [4.69, 9.17) is 4.74 Å². The molecule has 0 unspecified atom stereocenters. The predicted molar refractivity (Wildman–Crippen MR) is 64.8 cm³/mol. The summed E-state index contributed by atoms with van der Waals surface area (Å²) in [6.07, 6.45) is 6.44. The molecule has 0 amide bonds. The molecule has 0 aliphatic carbocycles. The van der Waals surface area contributed by atoms with E-state index in [1.165, 1.54) is 0 Å². The average Bonchev–Trinajstić information content (AvgIpc) is 2.73. The lowest BCUT2D eigenvalue weighted by atomic mass is 10.1. The zero-order chi connectivity index (χ0) is 11.8. The van der Waals surface area contributed by atoms with Gasteiger partial charge in [0.15, 0.2) is 5.78 Å². The minimum Gasteiger partial charge on any atom is -0.382 e. The van der Waals surface area contributed by atoms with Crippen LogP contribution in [0.3, 0.4) is 0 Å². The molecule has 0 atom stereocenters. The molecule has 16 heavy (non-hydrogen) atoms. The maximum Gasteiger partial charge on any atom is 0.164 e. The predicted octanol–water partition coefficient (Wildman–Crippen LogP) is 2.90. The Morgan fingerprint density at radius 3 is 2.94 bits per heavy atom. The number of nitrogens with zero attached hydrogens (tertiary/aromatic N) is 1. The number of hydrogen-bond acceptors (Lipinski definition) is 2. The second-order valence-corrected chi connectivity index (χ2v) is 3.86. The molecule has 90 valence electrons. The lowest BCUT2D eigenvalue weighted by Gasteiger charge is -2.02. The number of carbonyl (C=O) groups excluding carboxylic acids is 1. The van der Waals surface area contributed by atoms with Crippen LogP contribution in [0.25, 0.3) is 0 Å². The molecule has 1 heterocycles. The SMILES string of the molecule is CCCC(=O)c1ccn(CCCOCC)c1. The maximum atomic E-state index is 11.6. The number of rotatable bonds is 8. The highest BCUT2D eigenvalue weighted by atomic mass is 16.5. The molecule has 1 rings (SSSR count). The lowest BCUT2D eigenvalue weighted by Crippen LogP contribution is -2.01. The van der Waals surface area contributed by atoms with Crippen molar-refractivity contribution >= 4 is 5.78 Å². The normalized spacial score (nSPS) is 10.6. The molecule has 0 saturated carbocycles. The molecule has 1 aromatic heterocycles. The van der Waals surface area contributed by atoms with Crippen molar-refractivity contribution in [2.24, 2.45) is 0 Å². The zero-order valence-corrected chi connectivity index (χ0v) is 10.2. The van der Waals surface area contributed by atoms with Crippen LogP contribution in [-0.4, -0.2) is 23.6 Å². The van der Waals surface area contributed by atoms with Crippen molar-refractivity contribution in [3.63, 3.8) is 0 Å². The van der Waals surface area contributed by atoms with Crippen LogP contribution in [0.1, 0.15) is 43.5 Å². The highest BCUT2D eigenvalue weighted by Gasteiger charge is 2.05. The summed E-state index contributed by atoms with van der Waals surface area (Å²) in [6, 6.07) is 1.90. The minimum atomic E-state index is 0.242. The van der Waals surface area contributed by atoms with E-state index < -0.39 is 0 Å². The van der Waals surface area contributed by atoms with Crippen LogP contribution in [0.2, 0.25) is 0 Å². The van der Waals surface area contributed by atoms with Gasteiger partial charge in [-0.05, 0) is 25.8 Å². The van der Waals surface area contributed by atoms with E-state index >= 15 is 0 Å². The van der Waals surface area contributed by atoms with Gasteiger partial charge >= 0.3 is 0 Å². The van der Waals surface area contributed by atoms with Crippen molar-refractivity contribution < 1.29 is 9.53 Å². The first-order valence-corrected chi connectivity index (χ1v) is 6.04. The van der Waals surface area contributed by atoms with E-state index in [2.05, 4.69) is 4.57 Å². The fraction of sp³-hybridized carbons (Fsp3) is 0.615. The fourth-order valence-electron chi connectivity index (χ4n) is 1.61. The summed E-state index contributed by atoms with van der Waals surface area (Å²) in [7, 11) is 0. The first-order valence-electron chi connectivity index (χ1n) is 6.04. The smallest absolute Gasteiger partial charge is 0.164 e. The van der Waals surface area contributed by atoms with Crippen LogP contribution in [0, 0.1) is 0 Å². The van der Waals surface area contributed by atoms with Gasteiger partial charge < -0.3 is 9.30 Å². The number of aryl methyl sites for hydroxylation is 1. The largest absolute Gasteiger partial charge is 0.382 e. The van der Waals surface area contributed by atoms with E-state index in [1.54, 1.807) is 0 Å². The summed E-state index contributed by atoms with van der Waals surface area (Å²) >= 11 is 0. The molecule has 0 fully saturated rings. The Morgan fingerprint density at radius 1 is 1.44 bits per heavy atom. The van der Waals surface area contributed by atoms with Crippen LogP contribution in [-0.2, 0) is 11.3 Å². The quantitative estimate of drug-likeness (QED) is 0.501. The Morgan fingerprint density at radius 2 is 2.25 bits per heavy atom. The minimum absolute atomic E-state index is 0.242. The number of carbonyl (C=O) groups is 1. The Bertz CT molecular complexity index is 317. The number of Topliss-reactive ketones (excluding diaryl/α,β-unsaturated/α-hetero) is 1. The molecule has 0 aliphatic heterocycles. The molecule has 0 aliphatic rings. The maximum absolute atomic E-state index is 11.6. The van der Waals surface area contributed by atoms with E-state index in [0.717, 1.165) is 38.2 Å². The summed E-state index contributed by atoms with van der Waals surface area (Å²) in [5, 5.41) is 0. The van der Waals surface area contributed by atoms with Crippen molar-refractivity contribution in [1.82, 2.24) is 4.57 Å². The molecule has 1 aromatic rings. The molecule has 0 saturated heterocycles. The second kappa shape index (κ2) is 7.23. The third-order valence-corrected chi connectivity index (χ3v) is 2.46. The standard InChI is InChI=1S/C13H21NO2/c1-3-6-13(15)12-7-9-14(11-12)8-5-10-16-4-2/h7,9,11H,3-6,8,10H2,1-2H3. The van der Waals surface area contributed by atoms with Gasteiger partial charge in [-0.25, -0.2) is 0 Å². The van der Waals surface area contributed by atoms with Gasteiger partial charge in [0, 0.05) is 44.1 Å². The summed E-state index contributed by atoms with van der Waals surface area (Å²) < 4.78 is 7.33. The average molecular weight is 223 g/mol. The van der Waals surface area contributed by atoms with Crippen LogP contribution < -0.4 is 0 Å². The van der Waals surface area contributed by atoms with Crippen LogP contribution in [0.5, 0.6) is 0 Å². The summed E-state index contributed by atoms with van der Waals surface area (Å²) in [5.74, 6) is 0.242. The summed E-state index contributed by atoms with van der Waals surface area (Å²) in [5.41, 5.74) is 0.832. The first-order chi connectivity index (χ1) is 7.77. The highest BCUT2D eigenvalue weighted by molar-refractivity contribution is 5.95. The second-order valence-electron chi connectivity index (χ2n) is 3.86. The summed E-state index contributed by atoms with van der Waals surface area (Å²) in [6.45, 7) is 6.49. The molecule has 3 heteroatoms. The fourth-order valence-corrected chi connectivity index (χ4v) is 1.61. The van der Waals surface area contributed by atoms with E-state index in [1.807, 2.05) is 32.3 Å². The number of hydrogen-bond donors (Lipinski definition) is 0. The number of ketones is 1. The summed E-state index contributed by atoms with van der Waals surface area (Å²) in [4.78, 5) is 11.6. The van der Waals surface area contributed by atoms with Gasteiger partial charge in [0.05, 0.1) is 0 Å². The molecule has 0 bridgehead atoms. The van der Waals surface area contributed by atoms with Gasteiger partial charge in [0.25, 0.3) is 0 Å². The Labute approximate surface area is 97.4 Å². The number of aromatic nitrogens is 1. The molecule has 3 nitrogen and oxygen atoms in total. The molecule has 0 N–H and O–H groups in total. The van der Waals surface area contributed by atoms with Crippen molar-refractivity contribution in [3.8, 4) is 0 Å². The zero-order valence-electron chi connectivity index (χ0n) is 10.2. The third kappa shape index (κ3) is 4.19. The van der Waals surface area contributed by atoms with Gasteiger partial charge in [0.1, 0.15) is 0 Å². The molecule has 0 spiro atoms.